The number of imidazole rings is 1. The number of alkyl halides is 2. The molecule has 1 N–H and O–H groups in total. The number of carboxylic acids is 1. The highest BCUT2D eigenvalue weighted by Crippen LogP contribution is 2.45. The lowest BCUT2D eigenvalue weighted by atomic mass is 9.81. The highest BCUT2D eigenvalue weighted by atomic mass is 19.3. The Morgan fingerprint density at radius 1 is 1.11 bits per heavy atom. The molecule has 196 valence electrons. The molecule has 1 saturated carbocycles. The molecule has 0 bridgehead atoms. The summed E-state index contributed by atoms with van der Waals surface area (Å²) in [6, 6.07) is 10.4. The molecule has 3 aromatic rings. The fraction of sp³-hybridized carbons (Fsp3) is 0.464. The van der Waals surface area contributed by atoms with Crippen LogP contribution in [0.5, 0.6) is 0 Å². The first-order valence-corrected chi connectivity index (χ1v) is 12.7. The Morgan fingerprint density at radius 3 is 2.46 bits per heavy atom. The van der Waals surface area contributed by atoms with Crippen LogP contribution in [-0.4, -0.2) is 45.3 Å². The average molecular weight is 512 g/mol. The van der Waals surface area contributed by atoms with Gasteiger partial charge in [-0.15, -0.1) is 0 Å². The number of aromatic nitrogens is 2. The first-order valence-electron chi connectivity index (χ1n) is 12.7. The summed E-state index contributed by atoms with van der Waals surface area (Å²) in [7, 11) is 1.34. The first-order chi connectivity index (χ1) is 17.7. The normalized spacial score (nSPS) is 20.9. The molecule has 1 atom stereocenters. The van der Waals surface area contributed by atoms with E-state index in [0.29, 0.717) is 62.1 Å². The Bertz CT molecular complexity index is 1320. The van der Waals surface area contributed by atoms with Gasteiger partial charge in [0.15, 0.2) is 0 Å². The molecular weight excluding hydrogens is 480 g/mol. The number of methoxy groups -OCH3 is 1. The van der Waals surface area contributed by atoms with Gasteiger partial charge < -0.3 is 19.3 Å². The predicted molar refractivity (Wildman–Crippen MR) is 134 cm³/mol. The number of hydrogen-bond donors (Lipinski definition) is 1. The smallest absolute Gasteiger partial charge is 0.409 e. The molecule has 1 aliphatic carbocycles. The molecular formula is C28H31F2N3O4. The maximum absolute atomic E-state index is 15.9. The van der Waals surface area contributed by atoms with E-state index in [-0.39, 0.29) is 11.5 Å². The quantitative estimate of drug-likeness (QED) is 0.463. The summed E-state index contributed by atoms with van der Waals surface area (Å²) < 4.78 is 38.4. The number of amides is 1. The highest BCUT2D eigenvalue weighted by molar-refractivity contribution is 5.82. The van der Waals surface area contributed by atoms with Gasteiger partial charge in [-0.2, -0.15) is 8.78 Å². The number of benzene rings is 2. The minimum Gasteiger partial charge on any atom is -0.481 e. The van der Waals surface area contributed by atoms with Crippen molar-refractivity contribution in [2.45, 2.75) is 63.5 Å². The van der Waals surface area contributed by atoms with E-state index in [0.717, 1.165) is 11.1 Å². The van der Waals surface area contributed by atoms with Crippen LogP contribution in [0.4, 0.5) is 13.6 Å². The van der Waals surface area contributed by atoms with Gasteiger partial charge in [0.05, 0.1) is 30.6 Å². The number of ether oxygens (including phenoxy) is 1. The van der Waals surface area contributed by atoms with Crippen molar-refractivity contribution in [3.63, 3.8) is 0 Å². The van der Waals surface area contributed by atoms with E-state index >= 15 is 8.78 Å². The van der Waals surface area contributed by atoms with E-state index in [1.54, 1.807) is 27.7 Å². The minimum atomic E-state index is -3.17. The second-order valence-electron chi connectivity index (χ2n) is 10.1. The molecule has 5 rings (SSSR count). The molecule has 0 radical (unpaired) electrons. The number of carboxylic acid groups (broad SMARTS) is 1. The van der Waals surface area contributed by atoms with Crippen molar-refractivity contribution in [2.75, 3.05) is 13.7 Å². The van der Waals surface area contributed by atoms with E-state index in [4.69, 9.17) is 9.72 Å². The Kier molecular flexibility index (Phi) is 6.64. The van der Waals surface area contributed by atoms with Gasteiger partial charge in [0.25, 0.3) is 5.92 Å². The van der Waals surface area contributed by atoms with Gasteiger partial charge in [-0.1, -0.05) is 36.4 Å². The summed E-state index contributed by atoms with van der Waals surface area (Å²) in [5.41, 5.74) is 3.05. The Labute approximate surface area is 214 Å². The molecule has 1 aliphatic heterocycles. The fourth-order valence-electron chi connectivity index (χ4n) is 5.85. The second kappa shape index (κ2) is 9.76. The van der Waals surface area contributed by atoms with Crippen molar-refractivity contribution >= 4 is 23.1 Å². The molecule has 37 heavy (non-hydrogen) atoms. The molecule has 1 fully saturated rings. The number of rotatable bonds is 5. The van der Waals surface area contributed by atoms with Crippen LogP contribution in [0.2, 0.25) is 0 Å². The average Bonchev–Trinajstić information content (AvgIpc) is 3.32. The number of carbonyl (C=O) groups excluding carboxylic acids is 1. The Balaban J connectivity index is 1.63. The summed E-state index contributed by atoms with van der Waals surface area (Å²) in [6.07, 6.45) is 2.31. The molecule has 7 nitrogen and oxygen atoms in total. The Hall–Kier alpha value is -3.49. The number of aliphatic carboxylic acids is 1. The second-order valence-corrected chi connectivity index (χ2v) is 10.1. The van der Waals surface area contributed by atoms with Crippen LogP contribution in [0.15, 0.2) is 42.5 Å². The lowest BCUT2D eigenvalue weighted by Crippen LogP contribution is -2.36. The van der Waals surface area contributed by atoms with Gasteiger partial charge in [0, 0.05) is 23.6 Å². The number of carbonyl (C=O) groups is 2. The van der Waals surface area contributed by atoms with Crippen LogP contribution in [0.3, 0.4) is 0 Å². The van der Waals surface area contributed by atoms with Crippen LogP contribution in [0.1, 0.15) is 67.1 Å². The van der Waals surface area contributed by atoms with Crippen LogP contribution < -0.4 is 0 Å². The molecule has 1 amide bonds. The third kappa shape index (κ3) is 4.45. The monoisotopic (exact) mass is 511 g/mol. The van der Waals surface area contributed by atoms with Crippen LogP contribution in [0, 0.1) is 5.92 Å². The summed E-state index contributed by atoms with van der Waals surface area (Å²) in [5, 5.41) is 9.44. The largest absolute Gasteiger partial charge is 0.481 e. The van der Waals surface area contributed by atoms with Crippen molar-refractivity contribution < 1.29 is 28.2 Å². The standard InChI is InChI=1S/C28H31F2N3O4/c1-17(28(29,30)21-6-4-3-5-7-21)33-23-13-12-18-14-15-32(27(36)37-2)16-22(18)24(23)31-25(33)19-8-10-20(11-9-19)26(34)35/h3-7,12-13,17,19-20H,8-11,14-16H2,1-2H3,(H,34,35)/t17-,19?,20?/m1/s1. The van der Waals surface area contributed by atoms with E-state index in [9.17, 15) is 14.7 Å². The van der Waals surface area contributed by atoms with Crippen molar-refractivity contribution in [2.24, 2.45) is 5.92 Å². The lowest BCUT2D eigenvalue weighted by Gasteiger charge is -2.31. The van der Waals surface area contributed by atoms with E-state index in [2.05, 4.69) is 0 Å². The Morgan fingerprint density at radius 2 is 1.81 bits per heavy atom. The topological polar surface area (TPSA) is 84.7 Å². The summed E-state index contributed by atoms with van der Waals surface area (Å²) >= 11 is 0. The third-order valence-corrected chi connectivity index (χ3v) is 8.04. The number of hydrogen-bond acceptors (Lipinski definition) is 4. The van der Waals surface area contributed by atoms with Gasteiger partial charge in [0.2, 0.25) is 0 Å². The van der Waals surface area contributed by atoms with Gasteiger partial charge in [-0.3, -0.25) is 4.79 Å². The molecule has 2 aromatic carbocycles. The predicted octanol–water partition coefficient (Wildman–Crippen LogP) is 5.87. The number of halogens is 2. The molecule has 1 aromatic heterocycles. The van der Waals surface area contributed by atoms with Crippen LogP contribution in [0.25, 0.3) is 11.0 Å². The maximum Gasteiger partial charge on any atom is 0.409 e. The van der Waals surface area contributed by atoms with Crippen LogP contribution in [-0.2, 0) is 28.4 Å². The van der Waals surface area contributed by atoms with Crippen molar-refractivity contribution in [1.82, 2.24) is 14.5 Å². The lowest BCUT2D eigenvalue weighted by molar-refractivity contribution is -0.142. The molecule has 2 aliphatic rings. The van der Waals surface area contributed by atoms with Crippen molar-refractivity contribution in [3.8, 4) is 0 Å². The minimum absolute atomic E-state index is 0.0697. The van der Waals surface area contributed by atoms with E-state index in [1.165, 1.54) is 26.2 Å². The SMILES string of the molecule is COC(=O)N1CCc2ccc3c(nc(C4CCC(C(=O)O)CC4)n3[C@H](C)C(F)(F)c3ccccc3)c2C1. The molecule has 0 saturated heterocycles. The third-order valence-electron chi connectivity index (χ3n) is 8.04. The zero-order chi connectivity index (χ0) is 26.3. The van der Waals surface area contributed by atoms with Crippen molar-refractivity contribution in [1.29, 1.82) is 0 Å². The van der Waals surface area contributed by atoms with Gasteiger partial charge >= 0.3 is 12.1 Å². The summed E-state index contributed by atoms with van der Waals surface area (Å²) in [6.45, 7) is 2.33. The molecule has 0 unspecified atom stereocenters. The molecule has 9 heteroatoms. The molecule has 0 spiro atoms. The molecule has 2 heterocycles. The number of nitrogens with zero attached hydrogens (tertiary/aromatic N) is 3. The summed E-state index contributed by atoms with van der Waals surface area (Å²) in [5.74, 6) is -3.97. The zero-order valence-corrected chi connectivity index (χ0v) is 21.0. The highest BCUT2D eigenvalue weighted by Gasteiger charge is 2.43. The van der Waals surface area contributed by atoms with E-state index in [1.807, 2.05) is 12.1 Å². The van der Waals surface area contributed by atoms with Gasteiger partial charge in [0.1, 0.15) is 11.9 Å². The fourth-order valence-corrected chi connectivity index (χ4v) is 5.85. The maximum atomic E-state index is 15.9. The van der Waals surface area contributed by atoms with Crippen molar-refractivity contribution in [3.05, 3.63) is 65.0 Å². The van der Waals surface area contributed by atoms with E-state index < -0.39 is 29.9 Å². The van der Waals surface area contributed by atoms with Gasteiger partial charge in [-0.25, -0.2) is 9.78 Å². The number of fused-ring (bicyclic) bond motifs is 3. The first kappa shape index (κ1) is 25.2. The van der Waals surface area contributed by atoms with Crippen LogP contribution >= 0.6 is 0 Å². The summed E-state index contributed by atoms with van der Waals surface area (Å²) in [4.78, 5) is 30.3. The zero-order valence-electron chi connectivity index (χ0n) is 21.0. The van der Waals surface area contributed by atoms with Gasteiger partial charge in [-0.05, 0) is 50.7 Å².